The number of carboxylic acid groups (broad SMARTS) is 1. The highest BCUT2D eigenvalue weighted by Gasteiger charge is 2.12. The molecule has 0 aliphatic heterocycles. The first-order valence-electron chi connectivity index (χ1n) is 6.17. The van der Waals surface area contributed by atoms with Crippen LogP contribution in [0.1, 0.15) is 29.0 Å². The molecule has 0 aliphatic carbocycles. The van der Waals surface area contributed by atoms with Crippen molar-refractivity contribution in [1.82, 2.24) is 15.1 Å². The van der Waals surface area contributed by atoms with Crippen LogP contribution in [0.2, 0.25) is 0 Å². The lowest BCUT2D eigenvalue weighted by atomic mass is 10.1. The Balaban J connectivity index is 1.93. The number of carboxylic acids is 1. The summed E-state index contributed by atoms with van der Waals surface area (Å²) in [5.41, 5.74) is 0.932. The van der Waals surface area contributed by atoms with Crippen LogP contribution in [-0.2, 0) is 11.3 Å². The van der Waals surface area contributed by atoms with E-state index in [1.807, 2.05) is 37.3 Å². The van der Waals surface area contributed by atoms with Gasteiger partial charge < -0.3 is 10.4 Å². The van der Waals surface area contributed by atoms with E-state index in [2.05, 4.69) is 10.4 Å². The van der Waals surface area contributed by atoms with Gasteiger partial charge in [0.05, 0.1) is 6.04 Å². The topological polar surface area (TPSA) is 84.2 Å². The van der Waals surface area contributed by atoms with Crippen LogP contribution in [0.15, 0.2) is 42.6 Å². The van der Waals surface area contributed by atoms with E-state index in [-0.39, 0.29) is 24.2 Å². The van der Waals surface area contributed by atoms with Crippen LogP contribution in [0.25, 0.3) is 0 Å². The minimum absolute atomic E-state index is 0.00947. The molecule has 6 heteroatoms. The minimum Gasteiger partial charge on any atom is -0.476 e. The molecule has 0 saturated carbocycles. The van der Waals surface area contributed by atoms with Gasteiger partial charge in [0.25, 0.3) is 0 Å². The van der Waals surface area contributed by atoms with Crippen molar-refractivity contribution in [1.29, 1.82) is 0 Å². The van der Waals surface area contributed by atoms with Gasteiger partial charge >= 0.3 is 5.97 Å². The van der Waals surface area contributed by atoms with Crippen molar-refractivity contribution in [3.8, 4) is 0 Å². The fourth-order valence-corrected chi connectivity index (χ4v) is 1.82. The molecule has 20 heavy (non-hydrogen) atoms. The Morgan fingerprint density at radius 3 is 2.60 bits per heavy atom. The van der Waals surface area contributed by atoms with E-state index in [0.29, 0.717) is 0 Å². The number of benzene rings is 1. The van der Waals surface area contributed by atoms with Crippen molar-refractivity contribution in [3.63, 3.8) is 0 Å². The van der Waals surface area contributed by atoms with E-state index < -0.39 is 5.97 Å². The van der Waals surface area contributed by atoms with Gasteiger partial charge in [-0.15, -0.1) is 0 Å². The highest BCUT2D eigenvalue weighted by Crippen LogP contribution is 2.10. The standard InChI is InChI=1S/C14H15N3O3/c1-10(11-5-3-2-4-6-11)15-13(18)9-17-8-7-12(16-17)14(19)20/h2-8,10H,9H2,1H3,(H,15,18)(H,19,20)/t10-/m1/s1. The minimum atomic E-state index is -1.11. The van der Waals surface area contributed by atoms with E-state index in [1.165, 1.54) is 16.9 Å². The molecule has 1 amide bonds. The van der Waals surface area contributed by atoms with Gasteiger partial charge in [-0.3, -0.25) is 9.48 Å². The molecule has 0 spiro atoms. The van der Waals surface area contributed by atoms with Crippen molar-refractivity contribution in [2.24, 2.45) is 0 Å². The van der Waals surface area contributed by atoms with Gasteiger partial charge in [-0.2, -0.15) is 5.10 Å². The maximum Gasteiger partial charge on any atom is 0.356 e. The van der Waals surface area contributed by atoms with Crippen molar-refractivity contribution < 1.29 is 14.7 Å². The maximum absolute atomic E-state index is 11.9. The summed E-state index contributed by atoms with van der Waals surface area (Å²) >= 11 is 0. The van der Waals surface area contributed by atoms with Crippen LogP contribution in [-0.4, -0.2) is 26.8 Å². The second kappa shape index (κ2) is 6.01. The number of aromatic carboxylic acids is 1. The molecule has 2 rings (SSSR count). The Morgan fingerprint density at radius 1 is 1.30 bits per heavy atom. The fourth-order valence-electron chi connectivity index (χ4n) is 1.82. The maximum atomic E-state index is 11.9. The van der Waals surface area contributed by atoms with Crippen LogP contribution in [0.4, 0.5) is 0 Å². The van der Waals surface area contributed by atoms with Crippen molar-refractivity contribution in [2.45, 2.75) is 19.5 Å². The molecule has 0 aliphatic rings. The number of aromatic nitrogens is 2. The van der Waals surface area contributed by atoms with Gasteiger partial charge in [-0.05, 0) is 18.6 Å². The first kappa shape index (κ1) is 13.8. The summed E-state index contributed by atoms with van der Waals surface area (Å²) in [6.45, 7) is 1.88. The highest BCUT2D eigenvalue weighted by atomic mass is 16.4. The number of amides is 1. The average Bonchev–Trinajstić information content (AvgIpc) is 2.88. The second-order valence-electron chi connectivity index (χ2n) is 4.40. The SMILES string of the molecule is C[C@@H](NC(=O)Cn1ccc(C(=O)O)n1)c1ccccc1. The van der Waals surface area contributed by atoms with Gasteiger partial charge in [0.15, 0.2) is 5.69 Å². The number of nitrogens with zero attached hydrogens (tertiary/aromatic N) is 2. The monoisotopic (exact) mass is 273 g/mol. The number of hydrogen-bond donors (Lipinski definition) is 2. The summed E-state index contributed by atoms with van der Waals surface area (Å²) in [6, 6.07) is 10.8. The van der Waals surface area contributed by atoms with Crippen LogP contribution >= 0.6 is 0 Å². The van der Waals surface area contributed by atoms with Crippen LogP contribution in [0, 0.1) is 0 Å². The number of carbonyl (C=O) groups excluding carboxylic acids is 1. The number of hydrogen-bond acceptors (Lipinski definition) is 3. The number of carbonyl (C=O) groups is 2. The Hall–Kier alpha value is -2.63. The summed E-state index contributed by atoms with van der Waals surface area (Å²) in [7, 11) is 0. The van der Waals surface area contributed by atoms with Gasteiger partial charge in [0.1, 0.15) is 6.54 Å². The highest BCUT2D eigenvalue weighted by molar-refractivity contribution is 5.85. The summed E-state index contributed by atoms with van der Waals surface area (Å²) in [4.78, 5) is 22.5. The van der Waals surface area contributed by atoms with E-state index in [9.17, 15) is 9.59 Å². The third-order valence-electron chi connectivity index (χ3n) is 2.84. The second-order valence-corrected chi connectivity index (χ2v) is 4.40. The molecule has 0 bridgehead atoms. The molecule has 0 saturated heterocycles. The molecule has 0 fully saturated rings. The van der Waals surface area contributed by atoms with Gasteiger partial charge in [-0.1, -0.05) is 30.3 Å². The molecule has 1 heterocycles. The van der Waals surface area contributed by atoms with Crippen LogP contribution in [0.3, 0.4) is 0 Å². The zero-order chi connectivity index (χ0) is 14.5. The number of rotatable bonds is 5. The zero-order valence-electron chi connectivity index (χ0n) is 11.0. The lowest BCUT2D eigenvalue weighted by Gasteiger charge is -2.14. The van der Waals surface area contributed by atoms with E-state index >= 15 is 0 Å². The predicted octanol–water partition coefficient (Wildman–Crippen LogP) is 1.46. The normalized spacial score (nSPS) is 11.8. The molecule has 2 aromatic rings. The Bertz CT molecular complexity index is 607. The van der Waals surface area contributed by atoms with Gasteiger partial charge in [-0.25, -0.2) is 4.79 Å². The lowest BCUT2D eigenvalue weighted by Crippen LogP contribution is -2.30. The fraction of sp³-hybridized carbons (Fsp3) is 0.214. The quantitative estimate of drug-likeness (QED) is 0.863. The molecule has 104 valence electrons. The Morgan fingerprint density at radius 2 is 2.00 bits per heavy atom. The molecule has 1 aromatic heterocycles. The summed E-state index contributed by atoms with van der Waals surface area (Å²) in [6.07, 6.45) is 1.47. The molecule has 6 nitrogen and oxygen atoms in total. The van der Waals surface area contributed by atoms with Gasteiger partial charge in [0, 0.05) is 6.20 Å². The van der Waals surface area contributed by atoms with E-state index in [1.54, 1.807) is 0 Å². The molecule has 2 N–H and O–H groups in total. The zero-order valence-corrected chi connectivity index (χ0v) is 11.0. The summed E-state index contributed by atoms with van der Waals surface area (Å²) < 4.78 is 1.30. The van der Waals surface area contributed by atoms with Crippen LogP contribution < -0.4 is 5.32 Å². The largest absolute Gasteiger partial charge is 0.476 e. The first-order chi connectivity index (χ1) is 9.56. The Kier molecular flexibility index (Phi) is 4.14. The molecule has 1 atom stereocenters. The third kappa shape index (κ3) is 3.44. The molecular weight excluding hydrogens is 258 g/mol. The van der Waals surface area contributed by atoms with Crippen molar-refractivity contribution in [2.75, 3.05) is 0 Å². The number of nitrogens with one attached hydrogen (secondary N) is 1. The average molecular weight is 273 g/mol. The van der Waals surface area contributed by atoms with E-state index in [0.717, 1.165) is 5.56 Å². The van der Waals surface area contributed by atoms with E-state index in [4.69, 9.17) is 5.11 Å². The summed E-state index contributed by atoms with van der Waals surface area (Å²) in [5, 5.41) is 15.4. The van der Waals surface area contributed by atoms with Crippen molar-refractivity contribution >= 4 is 11.9 Å². The Labute approximate surface area is 116 Å². The van der Waals surface area contributed by atoms with Gasteiger partial charge in [0.2, 0.25) is 5.91 Å². The molecule has 0 unspecified atom stereocenters. The summed E-state index contributed by atoms with van der Waals surface area (Å²) in [5.74, 6) is -1.33. The molecular formula is C14H15N3O3. The van der Waals surface area contributed by atoms with Crippen molar-refractivity contribution in [3.05, 3.63) is 53.9 Å². The smallest absolute Gasteiger partial charge is 0.356 e. The van der Waals surface area contributed by atoms with Crippen LogP contribution in [0.5, 0.6) is 0 Å². The first-order valence-corrected chi connectivity index (χ1v) is 6.17. The lowest BCUT2D eigenvalue weighted by molar-refractivity contribution is -0.122. The molecule has 0 radical (unpaired) electrons. The molecule has 1 aromatic carbocycles. The third-order valence-corrected chi connectivity index (χ3v) is 2.84. The predicted molar refractivity (Wildman–Crippen MR) is 72.2 cm³/mol.